The SMILES string of the molecule is CCC(C)n1ccc(CC2CCNC(C(=O)NC)C2)n1. The van der Waals surface area contributed by atoms with Crippen LogP contribution in [0.4, 0.5) is 0 Å². The molecule has 1 aromatic heterocycles. The Morgan fingerprint density at radius 3 is 3.15 bits per heavy atom. The molecule has 3 unspecified atom stereocenters. The zero-order chi connectivity index (χ0) is 14.5. The maximum atomic E-state index is 11.7. The predicted molar refractivity (Wildman–Crippen MR) is 79.5 cm³/mol. The van der Waals surface area contributed by atoms with Gasteiger partial charge in [0.15, 0.2) is 0 Å². The highest BCUT2D eigenvalue weighted by Crippen LogP contribution is 2.21. The van der Waals surface area contributed by atoms with Gasteiger partial charge in [-0.15, -0.1) is 0 Å². The number of carbonyl (C=O) groups is 1. The molecule has 1 saturated heterocycles. The molecule has 3 atom stereocenters. The number of amides is 1. The molecule has 1 amide bonds. The lowest BCUT2D eigenvalue weighted by Crippen LogP contribution is -2.48. The Morgan fingerprint density at radius 2 is 2.45 bits per heavy atom. The topological polar surface area (TPSA) is 59.0 Å². The van der Waals surface area contributed by atoms with Crippen molar-refractivity contribution in [2.45, 2.75) is 51.6 Å². The molecule has 1 fully saturated rings. The maximum Gasteiger partial charge on any atom is 0.236 e. The molecular weight excluding hydrogens is 252 g/mol. The van der Waals surface area contributed by atoms with Crippen LogP contribution >= 0.6 is 0 Å². The van der Waals surface area contributed by atoms with Crippen LogP contribution in [0.5, 0.6) is 0 Å². The van der Waals surface area contributed by atoms with E-state index in [1.165, 1.54) is 0 Å². The minimum atomic E-state index is -0.0459. The van der Waals surface area contributed by atoms with Gasteiger partial charge in [0.2, 0.25) is 5.91 Å². The number of hydrogen-bond acceptors (Lipinski definition) is 3. The van der Waals surface area contributed by atoms with Gasteiger partial charge in [-0.3, -0.25) is 9.48 Å². The van der Waals surface area contributed by atoms with Crippen LogP contribution in [0.25, 0.3) is 0 Å². The molecule has 5 heteroatoms. The maximum absolute atomic E-state index is 11.7. The fraction of sp³-hybridized carbons (Fsp3) is 0.733. The lowest BCUT2D eigenvalue weighted by molar-refractivity contribution is -0.123. The van der Waals surface area contributed by atoms with Gasteiger partial charge in [-0.2, -0.15) is 5.10 Å². The molecule has 0 spiro atoms. The van der Waals surface area contributed by atoms with Gasteiger partial charge in [0.25, 0.3) is 0 Å². The third-order valence-electron chi connectivity index (χ3n) is 4.28. The quantitative estimate of drug-likeness (QED) is 0.858. The van der Waals surface area contributed by atoms with Gasteiger partial charge in [0.05, 0.1) is 11.7 Å². The molecule has 2 N–H and O–H groups in total. The molecule has 2 heterocycles. The summed E-state index contributed by atoms with van der Waals surface area (Å²) in [5.41, 5.74) is 1.15. The van der Waals surface area contributed by atoms with Crippen molar-refractivity contribution in [3.8, 4) is 0 Å². The number of nitrogens with one attached hydrogen (secondary N) is 2. The van der Waals surface area contributed by atoms with Crippen molar-refractivity contribution < 1.29 is 4.79 Å². The fourth-order valence-electron chi connectivity index (χ4n) is 2.77. The van der Waals surface area contributed by atoms with E-state index in [1.54, 1.807) is 7.05 Å². The van der Waals surface area contributed by atoms with E-state index in [0.29, 0.717) is 12.0 Å². The summed E-state index contributed by atoms with van der Waals surface area (Å²) in [4.78, 5) is 11.7. The summed E-state index contributed by atoms with van der Waals surface area (Å²) in [6, 6.07) is 2.52. The first kappa shape index (κ1) is 15.0. The highest BCUT2D eigenvalue weighted by atomic mass is 16.2. The van der Waals surface area contributed by atoms with Crippen molar-refractivity contribution in [2.75, 3.05) is 13.6 Å². The first-order valence-electron chi connectivity index (χ1n) is 7.63. The second-order valence-corrected chi connectivity index (χ2v) is 5.76. The predicted octanol–water partition coefficient (Wildman–Crippen LogP) is 1.51. The van der Waals surface area contributed by atoms with E-state index < -0.39 is 0 Å². The molecule has 2 rings (SSSR count). The third kappa shape index (κ3) is 3.60. The Hall–Kier alpha value is -1.36. The minimum Gasteiger partial charge on any atom is -0.358 e. The zero-order valence-corrected chi connectivity index (χ0v) is 12.7. The van der Waals surface area contributed by atoms with E-state index in [4.69, 9.17) is 0 Å². The fourth-order valence-corrected chi connectivity index (χ4v) is 2.77. The van der Waals surface area contributed by atoms with Gasteiger partial charge >= 0.3 is 0 Å². The van der Waals surface area contributed by atoms with E-state index in [9.17, 15) is 4.79 Å². The molecule has 1 aromatic rings. The summed E-state index contributed by atoms with van der Waals surface area (Å²) >= 11 is 0. The number of nitrogens with zero attached hydrogens (tertiary/aromatic N) is 2. The largest absolute Gasteiger partial charge is 0.358 e. The Balaban J connectivity index is 1.92. The molecule has 112 valence electrons. The van der Waals surface area contributed by atoms with Gasteiger partial charge in [-0.25, -0.2) is 0 Å². The van der Waals surface area contributed by atoms with E-state index in [1.807, 2.05) is 4.68 Å². The molecule has 0 bridgehead atoms. The van der Waals surface area contributed by atoms with E-state index in [2.05, 4.69) is 41.8 Å². The first-order chi connectivity index (χ1) is 9.63. The lowest BCUT2D eigenvalue weighted by Gasteiger charge is -2.28. The molecule has 0 radical (unpaired) electrons. The van der Waals surface area contributed by atoms with Gasteiger partial charge in [0.1, 0.15) is 0 Å². The Kier molecular flexibility index (Phi) is 5.17. The summed E-state index contributed by atoms with van der Waals surface area (Å²) in [5.74, 6) is 0.638. The Bertz CT molecular complexity index is 443. The van der Waals surface area contributed by atoms with E-state index >= 15 is 0 Å². The second kappa shape index (κ2) is 6.88. The van der Waals surface area contributed by atoms with Gasteiger partial charge < -0.3 is 10.6 Å². The van der Waals surface area contributed by atoms with Crippen molar-refractivity contribution in [1.29, 1.82) is 0 Å². The summed E-state index contributed by atoms with van der Waals surface area (Å²) in [7, 11) is 1.70. The van der Waals surface area contributed by atoms with Crippen LogP contribution < -0.4 is 10.6 Å². The molecule has 1 aliphatic rings. The smallest absolute Gasteiger partial charge is 0.236 e. The van der Waals surface area contributed by atoms with Crippen molar-refractivity contribution in [2.24, 2.45) is 5.92 Å². The molecule has 5 nitrogen and oxygen atoms in total. The number of hydrogen-bond donors (Lipinski definition) is 2. The van der Waals surface area contributed by atoms with Crippen LogP contribution in [0, 0.1) is 5.92 Å². The number of piperidine rings is 1. The highest BCUT2D eigenvalue weighted by Gasteiger charge is 2.26. The molecule has 0 aliphatic carbocycles. The van der Waals surface area contributed by atoms with Crippen molar-refractivity contribution >= 4 is 5.91 Å². The number of likely N-dealkylation sites (N-methyl/N-ethyl adjacent to an activating group) is 1. The molecule has 0 aromatic carbocycles. The average Bonchev–Trinajstić information content (AvgIpc) is 2.94. The van der Waals surface area contributed by atoms with E-state index in [0.717, 1.165) is 37.9 Å². The van der Waals surface area contributed by atoms with Crippen LogP contribution in [-0.2, 0) is 11.2 Å². The highest BCUT2D eigenvalue weighted by molar-refractivity contribution is 5.81. The van der Waals surface area contributed by atoms with Crippen LogP contribution in [0.1, 0.15) is 44.8 Å². The van der Waals surface area contributed by atoms with Gasteiger partial charge in [-0.1, -0.05) is 6.92 Å². The summed E-state index contributed by atoms with van der Waals surface area (Å²) in [5, 5.41) is 10.7. The lowest BCUT2D eigenvalue weighted by atomic mass is 9.88. The van der Waals surface area contributed by atoms with Crippen molar-refractivity contribution in [3.05, 3.63) is 18.0 Å². The Morgan fingerprint density at radius 1 is 1.65 bits per heavy atom. The number of aromatic nitrogens is 2. The molecule has 1 aliphatic heterocycles. The standard InChI is InChI=1S/C15H26N4O/c1-4-11(2)19-8-6-13(18-19)9-12-5-7-17-14(10-12)15(20)16-3/h6,8,11-12,14,17H,4-5,7,9-10H2,1-3H3,(H,16,20). The summed E-state index contributed by atoms with van der Waals surface area (Å²) in [6.07, 6.45) is 6.15. The molecular formula is C15H26N4O. The van der Waals surface area contributed by atoms with Crippen molar-refractivity contribution in [1.82, 2.24) is 20.4 Å². The van der Waals surface area contributed by atoms with Crippen LogP contribution in [-0.4, -0.2) is 35.3 Å². The summed E-state index contributed by atoms with van der Waals surface area (Å²) < 4.78 is 2.05. The monoisotopic (exact) mass is 278 g/mol. The molecule has 20 heavy (non-hydrogen) atoms. The van der Waals surface area contributed by atoms with Crippen LogP contribution in [0.15, 0.2) is 12.3 Å². The van der Waals surface area contributed by atoms with Gasteiger partial charge in [-0.05, 0) is 51.1 Å². The van der Waals surface area contributed by atoms with Crippen LogP contribution in [0.2, 0.25) is 0 Å². The zero-order valence-electron chi connectivity index (χ0n) is 12.7. The second-order valence-electron chi connectivity index (χ2n) is 5.76. The summed E-state index contributed by atoms with van der Waals surface area (Å²) in [6.45, 7) is 5.27. The number of carbonyl (C=O) groups excluding carboxylic acids is 1. The molecule has 0 saturated carbocycles. The van der Waals surface area contributed by atoms with Gasteiger partial charge in [0, 0.05) is 19.3 Å². The average molecular weight is 278 g/mol. The third-order valence-corrected chi connectivity index (χ3v) is 4.28. The first-order valence-corrected chi connectivity index (χ1v) is 7.63. The normalized spacial score (nSPS) is 24.4. The van der Waals surface area contributed by atoms with Crippen LogP contribution in [0.3, 0.4) is 0 Å². The van der Waals surface area contributed by atoms with E-state index in [-0.39, 0.29) is 11.9 Å². The van der Waals surface area contributed by atoms with Crippen molar-refractivity contribution in [3.63, 3.8) is 0 Å². The minimum absolute atomic E-state index is 0.0459. The number of rotatable bonds is 5. The Labute approximate surface area is 121 Å².